The van der Waals surface area contributed by atoms with Crippen molar-refractivity contribution < 1.29 is 13.2 Å². The summed E-state index contributed by atoms with van der Waals surface area (Å²) < 4.78 is 36.8. The van der Waals surface area contributed by atoms with E-state index in [4.69, 9.17) is 0 Å². The van der Waals surface area contributed by atoms with E-state index in [-0.39, 0.29) is 12.3 Å². The standard InChI is InChI=1S/C11H11F3/c1-7-2-4-8(5-3-7)9-6-10(9)11(12,13)14/h2-5,9-10H,6H2,1H3/t9-,10+/m1/s1. The third-order valence-electron chi connectivity index (χ3n) is 2.72. The summed E-state index contributed by atoms with van der Waals surface area (Å²) in [4.78, 5) is 0. The van der Waals surface area contributed by atoms with Crippen LogP contribution in [0.3, 0.4) is 0 Å². The molecule has 0 amide bonds. The highest BCUT2D eigenvalue weighted by molar-refractivity contribution is 5.29. The van der Waals surface area contributed by atoms with Crippen molar-refractivity contribution in [3.63, 3.8) is 0 Å². The maximum absolute atomic E-state index is 12.3. The van der Waals surface area contributed by atoms with E-state index in [9.17, 15) is 13.2 Å². The first kappa shape index (κ1) is 9.56. The molecule has 76 valence electrons. The zero-order valence-electron chi connectivity index (χ0n) is 7.81. The number of aryl methyl sites for hydroxylation is 1. The van der Waals surface area contributed by atoms with E-state index in [2.05, 4.69) is 0 Å². The highest BCUT2D eigenvalue weighted by Gasteiger charge is 2.55. The van der Waals surface area contributed by atoms with Crippen LogP contribution in [0.2, 0.25) is 0 Å². The molecule has 1 fully saturated rings. The third kappa shape index (κ3) is 1.76. The van der Waals surface area contributed by atoms with Crippen LogP contribution in [0.1, 0.15) is 23.5 Å². The first-order valence-corrected chi connectivity index (χ1v) is 4.62. The van der Waals surface area contributed by atoms with E-state index in [0.717, 1.165) is 11.1 Å². The molecule has 0 bridgehead atoms. The summed E-state index contributed by atoms with van der Waals surface area (Å²) in [7, 11) is 0. The Kier molecular flexibility index (Phi) is 2.05. The number of rotatable bonds is 1. The molecule has 1 saturated carbocycles. The maximum Gasteiger partial charge on any atom is 0.392 e. The van der Waals surface area contributed by atoms with E-state index in [1.165, 1.54) is 0 Å². The predicted molar refractivity (Wildman–Crippen MR) is 48.1 cm³/mol. The van der Waals surface area contributed by atoms with Gasteiger partial charge in [0.25, 0.3) is 0 Å². The zero-order chi connectivity index (χ0) is 10.3. The normalized spacial score (nSPS) is 26.3. The third-order valence-corrected chi connectivity index (χ3v) is 2.72. The van der Waals surface area contributed by atoms with Gasteiger partial charge in [0.2, 0.25) is 0 Å². The molecule has 0 aromatic heterocycles. The number of hydrogen-bond donors (Lipinski definition) is 0. The zero-order valence-corrected chi connectivity index (χ0v) is 7.81. The Morgan fingerprint density at radius 1 is 1.14 bits per heavy atom. The van der Waals surface area contributed by atoms with Crippen LogP contribution in [0.15, 0.2) is 24.3 Å². The van der Waals surface area contributed by atoms with Gasteiger partial charge in [0.05, 0.1) is 5.92 Å². The molecule has 0 aliphatic heterocycles. The van der Waals surface area contributed by atoms with Crippen LogP contribution in [0.4, 0.5) is 13.2 Å². The van der Waals surface area contributed by atoms with Gasteiger partial charge < -0.3 is 0 Å². The van der Waals surface area contributed by atoms with Crippen LogP contribution in [0, 0.1) is 12.8 Å². The van der Waals surface area contributed by atoms with Crippen molar-refractivity contribution in [2.45, 2.75) is 25.4 Å². The van der Waals surface area contributed by atoms with E-state index in [1.807, 2.05) is 19.1 Å². The van der Waals surface area contributed by atoms with Gasteiger partial charge >= 0.3 is 6.18 Å². The lowest BCUT2D eigenvalue weighted by Gasteiger charge is -2.05. The first-order valence-electron chi connectivity index (χ1n) is 4.62. The Bertz CT molecular complexity index is 323. The molecule has 0 radical (unpaired) electrons. The number of hydrogen-bond acceptors (Lipinski definition) is 0. The number of alkyl halides is 3. The molecular weight excluding hydrogens is 189 g/mol. The minimum absolute atomic E-state index is 0.257. The number of halogens is 3. The molecule has 1 aliphatic carbocycles. The van der Waals surface area contributed by atoms with E-state index < -0.39 is 12.1 Å². The van der Waals surface area contributed by atoms with Gasteiger partial charge in [0.1, 0.15) is 0 Å². The lowest BCUT2D eigenvalue weighted by atomic mass is 10.1. The monoisotopic (exact) mass is 200 g/mol. The van der Waals surface area contributed by atoms with Crippen molar-refractivity contribution in [3.8, 4) is 0 Å². The molecule has 14 heavy (non-hydrogen) atoms. The molecule has 0 heterocycles. The second-order valence-corrected chi connectivity index (χ2v) is 3.90. The smallest absolute Gasteiger partial charge is 0.171 e. The minimum Gasteiger partial charge on any atom is -0.171 e. The fourth-order valence-electron chi connectivity index (χ4n) is 1.74. The molecule has 2 atom stereocenters. The Hall–Kier alpha value is -0.990. The molecular formula is C11H11F3. The minimum atomic E-state index is -4.02. The molecule has 0 saturated heterocycles. The van der Waals surface area contributed by atoms with Gasteiger partial charge in [-0.2, -0.15) is 13.2 Å². The van der Waals surface area contributed by atoms with Crippen molar-refractivity contribution in [3.05, 3.63) is 35.4 Å². The van der Waals surface area contributed by atoms with Crippen LogP contribution >= 0.6 is 0 Å². The van der Waals surface area contributed by atoms with Gasteiger partial charge in [-0.15, -0.1) is 0 Å². The Labute approximate surface area is 80.7 Å². The second-order valence-electron chi connectivity index (χ2n) is 3.90. The highest BCUT2D eigenvalue weighted by Crippen LogP contribution is 2.55. The maximum atomic E-state index is 12.3. The Morgan fingerprint density at radius 2 is 1.71 bits per heavy atom. The van der Waals surface area contributed by atoms with Crippen LogP contribution < -0.4 is 0 Å². The summed E-state index contributed by atoms with van der Waals surface area (Å²) in [6.07, 6.45) is -3.76. The molecule has 0 unspecified atom stereocenters. The topological polar surface area (TPSA) is 0 Å². The SMILES string of the molecule is Cc1ccc([C@H]2C[C@@H]2C(F)(F)F)cc1. The average molecular weight is 200 g/mol. The second kappa shape index (κ2) is 3.01. The van der Waals surface area contributed by atoms with Gasteiger partial charge in [-0.05, 0) is 24.8 Å². The fourth-order valence-corrected chi connectivity index (χ4v) is 1.74. The van der Waals surface area contributed by atoms with Crippen molar-refractivity contribution in [2.24, 2.45) is 5.92 Å². The molecule has 1 aromatic rings. The van der Waals surface area contributed by atoms with Gasteiger partial charge in [-0.1, -0.05) is 29.8 Å². The summed E-state index contributed by atoms with van der Waals surface area (Å²) in [6, 6.07) is 7.32. The Morgan fingerprint density at radius 3 is 2.14 bits per heavy atom. The predicted octanol–water partition coefficient (Wildman–Crippen LogP) is 3.66. The summed E-state index contributed by atoms with van der Waals surface area (Å²) in [6.45, 7) is 1.93. The molecule has 1 aromatic carbocycles. The first-order chi connectivity index (χ1) is 6.48. The van der Waals surface area contributed by atoms with Gasteiger partial charge in [-0.25, -0.2) is 0 Å². The molecule has 3 heteroatoms. The van der Waals surface area contributed by atoms with Gasteiger partial charge in [-0.3, -0.25) is 0 Å². The van der Waals surface area contributed by atoms with Crippen LogP contribution in [0.5, 0.6) is 0 Å². The lowest BCUT2D eigenvalue weighted by Crippen LogP contribution is -2.11. The van der Waals surface area contributed by atoms with E-state index in [0.29, 0.717) is 0 Å². The molecule has 0 spiro atoms. The van der Waals surface area contributed by atoms with Crippen molar-refractivity contribution in [1.82, 2.24) is 0 Å². The lowest BCUT2D eigenvalue weighted by molar-refractivity contribution is -0.148. The molecule has 1 aliphatic rings. The quantitative estimate of drug-likeness (QED) is 0.649. The summed E-state index contributed by atoms with van der Waals surface area (Å²) in [5.41, 5.74) is 1.90. The van der Waals surface area contributed by atoms with Crippen LogP contribution in [-0.4, -0.2) is 6.18 Å². The van der Waals surface area contributed by atoms with E-state index >= 15 is 0 Å². The summed E-state index contributed by atoms with van der Waals surface area (Å²) in [5.74, 6) is -1.40. The summed E-state index contributed by atoms with van der Waals surface area (Å²) >= 11 is 0. The van der Waals surface area contributed by atoms with E-state index in [1.54, 1.807) is 12.1 Å². The van der Waals surface area contributed by atoms with Crippen LogP contribution in [0.25, 0.3) is 0 Å². The fraction of sp³-hybridized carbons (Fsp3) is 0.455. The molecule has 0 nitrogen and oxygen atoms in total. The largest absolute Gasteiger partial charge is 0.392 e. The van der Waals surface area contributed by atoms with Crippen LogP contribution in [-0.2, 0) is 0 Å². The molecule has 0 N–H and O–H groups in total. The van der Waals surface area contributed by atoms with Gasteiger partial charge in [0.15, 0.2) is 0 Å². The average Bonchev–Trinajstić information content (AvgIpc) is 2.83. The highest BCUT2D eigenvalue weighted by atomic mass is 19.4. The van der Waals surface area contributed by atoms with Crippen molar-refractivity contribution >= 4 is 0 Å². The summed E-state index contributed by atoms with van der Waals surface area (Å²) in [5, 5.41) is 0. The molecule has 2 rings (SSSR count). The Balaban J connectivity index is 2.10. The van der Waals surface area contributed by atoms with Crippen molar-refractivity contribution in [1.29, 1.82) is 0 Å². The van der Waals surface area contributed by atoms with Gasteiger partial charge in [0, 0.05) is 0 Å². The number of benzene rings is 1. The van der Waals surface area contributed by atoms with Crippen molar-refractivity contribution in [2.75, 3.05) is 0 Å².